The molecular formula is C10H18O2. The van der Waals surface area contributed by atoms with Gasteiger partial charge in [-0.25, -0.2) is 0 Å². The maximum Gasteiger partial charge on any atom is 0.140 e. The van der Waals surface area contributed by atoms with Gasteiger partial charge in [-0.2, -0.15) is 0 Å². The number of Topliss-reactive ketones (excluding diaryl/α,β-unsaturated/α-hetero) is 1. The van der Waals surface area contributed by atoms with Crippen LogP contribution in [-0.4, -0.2) is 19.0 Å². The summed E-state index contributed by atoms with van der Waals surface area (Å²) in [6.45, 7) is 5.59. The number of rotatable bonds is 3. The highest BCUT2D eigenvalue weighted by molar-refractivity contribution is 5.82. The molecule has 0 aliphatic carbocycles. The zero-order valence-electron chi connectivity index (χ0n) is 8.01. The number of hydrogen-bond acceptors (Lipinski definition) is 2. The van der Waals surface area contributed by atoms with Gasteiger partial charge < -0.3 is 4.74 Å². The van der Waals surface area contributed by atoms with Gasteiger partial charge in [-0.15, -0.1) is 0 Å². The second-order valence-electron chi connectivity index (χ2n) is 3.47. The Morgan fingerprint density at radius 1 is 1.50 bits per heavy atom. The highest BCUT2D eigenvalue weighted by Crippen LogP contribution is 2.24. The van der Waals surface area contributed by atoms with Crippen molar-refractivity contribution in [2.24, 2.45) is 11.8 Å². The third-order valence-corrected chi connectivity index (χ3v) is 2.82. The van der Waals surface area contributed by atoms with Crippen molar-refractivity contribution in [2.75, 3.05) is 13.2 Å². The Morgan fingerprint density at radius 2 is 2.17 bits per heavy atom. The van der Waals surface area contributed by atoms with E-state index in [1.165, 1.54) is 0 Å². The molecule has 0 aromatic carbocycles. The normalized spacial score (nSPS) is 24.9. The van der Waals surface area contributed by atoms with E-state index in [-0.39, 0.29) is 5.92 Å². The Bertz CT molecular complexity index is 150. The van der Waals surface area contributed by atoms with Crippen molar-refractivity contribution < 1.29 is 9.53 Å². The fraction of sp³-hybridized carbons (Fsp3) is 0.900. The molecule has 12 heavy (non-hydrogen) atoms. The fourth-order valence-corrected chi connectivity index (χ4v) is 1.92. The number of carbonyl (C=O) groups excluding carboxylic acids is 1. The molecule has 0 bridgehead atoms. The standard InChI is InChI=1S/C10H18O2/c1-3-8(4-2)9-7-12-6-5-10(9)11/h8-9H,3-7H2,1-2H3. The molecule has 1 fully saturated rings. The predicted molar refractivity (Wildman–Crippen MR) is 48.0 cm³/mol. The van der Waals surface area contributed by atoms with Crippen LogP contribution >= 0.6 is 0 Å². The smallest absolute Gasteiger partial charge is 0.140 e. The molecule has 0 aromatic rings. The quantitative estimate of drug-likeness (QED) is 0.647. The minimum absolute atomic E-state index is 0.189. The minimum atomic E-state index is 0.189. The minimum Gasteiger partial charge on any atom is -0.380 e. The molecule has 1 atom stereocenters. The molecule has 0 saturated carbocycles. The monoisotopic (exact) mass is 170 g/mol. The van der Waals surface area contributed by atoms with Crippen LogP contribution in [0.2, 0.25) is 0 Å². The van der Waals surface area contributed by atoms with E-state index in [0.717, 1.165) is 12.8 Å². The molecule has 0 amide bonds. The molecule has 0 N–H and O–H groups in total. The molecule has 1 saturated heterocycles. The first-order chi connectivity index (χ1) is 5.79. The lowest BCUT2D eigenvalue weighted by molar-refractivity contribution is -0.133. The van der Waals surface area contributed by atoms with Gasteiger partial charge in [-0.05, 0) is 5.92 Å². The summed E-state index contributed by atoms with van der Waals surface area (Å²) in [5.74, 6) is 1.14. The lowest BCUT2D eigenvalue weighted by Crippen LogP contribution is -2.33. The van der Waals surface area contributed by atoms with Gasteiger partial charge in [0.1, 0.15) is 5.78 Å². The highest BCUT2D eigenvalue weighted by Gasteiger charge is 2.28. The van der Waals surface area contributed by atoms with E-state index >= 15 is 0 Å². The van der Waals surface area contributed by atoms with Crippen molar-refractivity contribution in [1.82, 2.24) is 0 Å². The molecule has 2 nitrogen and oxygen atoms in total. The van der Waals surface area contributed by atoms with Gasteiger partial charge in [0.15, 0.2) is 0 Å². The Morgan fingerprint density at radius 3 is 2.67 bits per heavy atom. The van der Waals surface area contributed by atoms with Crippen molar-refractivity contribution in [1.29, 1.82) is 0 Å². The average molecular weight is 170 g/mol. The fourth-order valence-electron chi connectivity index (χ4n) is 1.92. The van der Waals surface area contributed by atoms with E-state index in [1.807, 2.05) is 0 Å². The topological polar surface area (TPSA) is 26.3 Å². The maximum atomic E-state index is 11.5. The lowest BCUT2D eigenvalue weighted by atomic mass is 9.83. The summed E-state index contributed by atoms with van der Waals surface area (Å²) in [6, 6.07) is 0. The van der Waals surface area contributed by atoms with E-state index < -0.39 is 0 Å². The molecule has 1 heterocycles. The van der Waals surface area contributed by atoms with Crippen LogP contribution in [0, 0.1) is 11.8 Å². The molecule has 0 aromatic heterocycles. The molecule has 0 radical (unpaired) electrons. The number of hydrogen-bond donors (Lipinski definition) is 0. The Hall–Kier alpha value is -0.370. The molecule has 1 rings (SSSR count). The average Bonchev–Trinajstić information content (AvgIpc) is 2.10. The Kier molecular flexibility index (Phi) is 3.73. The summed E-state index contributed by atoms with van der Waals surface area (Å²) in [4.78, 5) is 11.5. The zero-order chi connectivity index (χ0) is 8.97. The first kappa shape index (κ1) is 9.72. The predicted octanol–water partition coefficient (Wildman–Crippen LogP) is 2.03. The summed E-state index contributed by atoms with van der Waals surface area (Å²) < 4.78 is 5.32. The Labute approximate surface area is 74.3 Å². The second kappa shape index (κ2) is 4.61. The molecule has 1 unspecified atom stereocenters. The van der Waals surface area contributed by atoms with Gasteiger partial charge in [0.25, 0.3) is 0 Å². The van der Waals surface area contributed by atoms with E-state index in [9.17, 15) is 4.79 Å². The molecule has 0 spiro atoms. The van der Waals surface area contributed by atoms with Gasteiger partial charge in [0.2, 0.25) is 0 Å². The van der Waals surface area contributed by atoms with Crippen LogP contribution in [0.1, 0.15) is 33.1 Å². The van der Waals surface area contributed by atoms with Crippen molar-refractivity contribution in [3.8, 4) is 0 Å². The second-order valence-corrected chi connectivity index (χ2v) is 3.47. The van der Waals surface area contributed by atoms with Crippen LogP contribution in [-0.2, 0) is 9.53 Å². The van der Waals surface area contributed by atoms with E-state index in [4.69, 9.17) is 4.74 Å². The summed E-state index contributed by atoms with van der Waals surface area (Å²) in [5.41, 5.74) is 0. The lowest BCUT2D eigenvalue weighted by Gasteiger charge is -2.27. The molecule has 1 aliphatic rings. The summed E-state index contributed by atoms with van der Waals surface area (Å²) in [5, 5.41) is 0. The van der Waals surface area contributed by atoms with Crippen LogP contribution in [0.25, 0.3) is 0 Å². The van der Waals surface area contributed by atoms with Crippen LogP contribution in [0.5, 0.6) is 0 Å². The number of ether oxygens (including phenoxy) is 1. The first-order valence-electron chi connectivity index (χ1n) is 4.90. The van der Waals surface area contributed by atoms with Crippen molar-refractivity contribution in [3.63, 3.8) is 0 Å². The van der Waals surface area contributed by atoms with Gasteiger partial charge in [0, 0.05) is 12.3 Å². The number of carbonyl (C=O) groups is 1. The largest absolute Gasteiger partial charge is 0.380 e. The van der Waals surface area contributed by atoms with Gasteiger partial charge in [-0.1, -0.05) is 26.7 Å². The van der Waals surface area contributed by atoms with Crippen molar-refractivity contribution in [3.05, 3.63) is 0 Å². The first-order valence-corrected chi connectivity index (χ1v) is 4.90. The van der Waals surface area contributed by atoms with Gasteiger partial charge in [0.05, 0.1) is 13.2 Å². The van der Waals surface area contributed by atoms with Crippen LogP contribution < -0.4 is 0 Å². The third-order valence-electron chi connectivity index (χ3n) is 2.82. The Balaban J connectivity index is 2.51. The highest BCUT2D eigenvalue weighted by atomic mass is 16.5. The third kappa shape index (κ3) is 2.07. The summed E-state index contributed by atoms with van der Waals surface area (Å²) in [7, 11) is 0. The molecule has 2 heteroatoms. The van der Waals surface area contributed by atoms with Gasteiger partial charge in [-0.3, -0.25) is 4.79 Å². The molecular weight excluding hydrogens is 152 g/mol. The van der Waals surface area contributed by atoms with Crippen LogP contribution in [0.3, 0.4) is 0 Å². The van der Waals surface area contributed by atoms with E-state index in [0.29, 0.717) is 31.3 Å². The molecule has 1 aliphatic heterocycles. The number of ketones is 1. The van der Waals surface area contributed by atoms with Crippen molar-refractivity contribution in [2.45, 2.75) is 33.1 Å². The SMILES string of the molecule is CCC(CC)C1COCCC1=O. The van der Waals surface area contributed by atoms with Crippen LogP contribution in [0.15, 0.2) is 0 Å². The van der Waals surface area contributed by atoms with E-state index in [1.54, 1.807) is 0 Å². The van der Waals surface area contributed by atoms with Gasteiger partial charge >= 0.3 is 0 Å². The summed E-state index contributed by atoms with van der Waals surface area (Å²) in [6.07, 6.45) is 2.81. The molecule has 70 valence electrons. The summed E-state index contributed by atoms with van der Waals surface area (Å²) >= 11 is 0. The van der Waals surface area contributed by atoms with Crippen LogP contribution in [0.4, 0.5) is 0 Å². The maximum absolute atomic E-state index is 11.5. The van der Waals surface area contributed by atoms with E-state index in [2.05, 4.69) is 13.8 Å². The zero-order valence-corrected chi connectivity index (χ0v) is 8.01. The van der Waals surface area contributed by atoms with Crippen molar-refractivity contribution >= 4 is 5.78 Å².